The minimum Gasteiger partial charge on any atom is -0.497 e. The molecular formula is C16H15BrO4. The van der Waals surface area contributed by atoms with E-state index in [1.54, 1.807) is 37.4 Å². The number of rotatable bonds is 5. The first-order valence-corrected chi connectivity index (χ1v) is 7.00. The summed E-state index contributed by atoms with van der Waals surface area (Å²) in [5.74, 6) is 1.43. The van der Waals surface area contributed by atoms with Crippen LogP contribution in [0.15, 0.2) is 40.9 Å². The van der Waals surface area contributed by atoms with Gasteiger partial charge in [-0.3, -0.25) is 4.79 Å². The predicted molar refractivity (Wildman–Crippen MR) is 83.7 cm³/mol. The van der Waals surface area contributed by atoms with Crippen LogP contribution in [0.25, 0.3) is 0 Å². The molecule has 0 N–H and O–H groups in total. The van der Waals surface area contributed by atoms with E-state index in [1.807, 2.05) is 6.07 Å². The van der Waals surface area contributed by atoms with Crippen LogP contribution in [0.4, 0.5) is 0 Å². The topological polar surface area (TPSA) is 44.8 Å². The Labute approximate surface area is 131 Å². The Morgan fingerprint density at radius 3 is 2.19 bits per heavy atom. The van der Waals surface area contributed by atoms with Crippen LogP contribution in [0.1, 0.15) is 15.9 Å². The highest BCUT2D eigenvalue weighted by Gasteiger charge is 2.19. The van der Waals surface area contributed by atoms with Crippen molar-refractivity contribution in [1.82, 2.24) is 0 Å². The highest BCUT2D eigenvalue weighted by atomic mass is 79.9. The van der Waals surface area contributed by atoms with Crippen LogP contribution in [-0.4, -0.2) is 27.1 Å². The molecule has 0 amide bonds. The summed E-state index contributed by atoms with van der Waals surface area (Å²) in [6.45, 7) is 0. The monoisotopic (exact) mass is 350 g/mol. The van der Waals surface area contributed by atoms with Gasteiger partial charge in [0.2, 0.25) is 5.78 Å². The molecule has 0 unspecified atom stereocenters. The van der Waals surface area contributed by atoms with E-state index in [1.165, 1.54) is 14.2 Å². The molecule has 21 heavy (non-hydrogen) atoms. The van der Waals surface area contributed by atoms with Crippen molar-refractivity contribution in [2.45, 2.75) is 0 Å². The molecule has 0 heterocycles. The van der Waals surface area contributed by atoms with Crippen LogP contribution >= 0.6 is 15.9 Å². The van der Waals surface area contributed by atoms with Crippen LogP contribution < -0.4 is 14.2 Å². The maximum absolute atomic E-state index is 12.7. The standard InChI is InChI=1S/C16H15BrO4/c1-19-11-5-6-12(15(9-11)21-3)16(18)13-8-10(17)4-7-14(13)20-2/h4-9H,1-3H3. The third kappa shape index (κ3) is 3.19. The predicted octanol–water partition coefficient (Wildman–Crippen LogP) is 3.71. The summed E-state index contributed by atoms with van der Waals surface area (Å²) in [5, 5.41) is 0. The van der Waals surface area contributed by atoms with E-state index in [-0.39, 0.29) is 5.78 Å². The Kier molecular flexibility index (Phi) is 4.85. The molecule has 0 fully saturated rings. The van der Waals surface area contributed by atoms with Gasteiger partial charge in [0.25, 0.3) is 0 Å². The number of hydrogen-bond donors (Lipinski definition) is 0. The second kappa shape index (κ2) is 6.63. The average Bonchev–Trinajstić information content (AvgIpc) is 2.53. The van der Waals surface area contributed by atoms with Gasteiger partial charge in [0.1, 0.15) is 17.2 Å². The number of carbonyl (C=O) groups excluding carboxylic acids is 1. The van der Waals surface area contributed by atoms with Gasteiger partial charge < -0.3 is 14.2 Å². The van der Waals surface area contributed by atoms with E-state index in [2.05, 4.69) is 15.9 Å². The summed E-state index contributed by atoms with van der Waals surface area (Å²) in [4.78, 5) is 12.7. The number of methoxy groups -OCH3 is 3. The molecule has 0 spiro atoms. The van der Waals surface area contributed by atoms with E-state index >= 15 is 0 Å². The Balaban J connectivity index is 2.52. The Morgan fingerprint density at radius 1 is 0.857 bits per heavy atom. The van der Waals surface area contributed by atoms with Gasteiger partial charge in [-0.25, -0.2) is 0 Å². The van der Waals surface area contributed by atoms with Gasteiger partial charge in [0.05, 0.1) is 32.5 Å². The van der Waals surface area contributed by atoms with Crippen molar-refractivity contribution in [3.05, 3.63) is 52.0 Å². The molecular weight excluding hydrogens is 336 g/mol. The number of carbonyl (C=O) groups is 1. The van der Waals surface area contributed by atoms with E-state index in [0.717, 1.165) is 4.47 Å². The fraction of sp³-hybridized carbons (Fsp3) is 0.188. The Bertz CT molecular complexity index is 667. The zero-order valence-electron chi connectivity index (χ0n) is 12.0. The smallest absolute Gasteiger partial charge is 0.200 e. The van der Waals surface area contributed by atoms with E-state index in [0.29, 0.717) is 28.4 Å². The molecule has 0 aliphatic heterocycles. The van der Waals surface area contributed by atoms with Crippen LogP contribution in [0.2, 0.25) is 0 Å². The molecule has 2 aromatic rings. The van der Waals surface area contributed by atoms with Gasteiger partial charge in [0.15, 0.2) is 0 Å². The van der Waals surface area contributed by atoms with E-state index in [9.17, 15) is 4.79 Å². The van der Waals surface area contributed by atoms with E-state index < -0.39 is 0 Å². The maximum Gasteiger partial charge on any atom is 0.200 e. The third-order valence-corrected chi connectivity index (χ3v) is 3.55. The van der Waals surface area contributed by atoms with Crippen molar-refractivity contribution in [2.24, 2.45) is 0 Å². The van der Waals surface area contributed by atoms with Gasteiger partial charge in [-0.1, -0.05) is 15.9 Å². The molecule has 0 saturated carbocycles. The van der Waals surface area contributed by atoms with Crippen molar-refractivity contribution in [1.29, 1.82) is 0 Å². The lowest BCUT2D eigenvalue weighted by Crippen LogP contribution is -2.06. The quantitative estimate of drug-likeness (QED) is 0.771. The molecule has 2 rings (SSSR count). The van der Waals surface area contributed by atoms with Crippen molar-refractivity contribution in [2.75, 3.05) is 21.3 Å². The van der Waals surface area contributed by atoms with Gasteiger partial charge in [-0.15, -0.1) is 0 Å². The van der Waals surface area contributed by atoms with Crippen molar-refractivity contribution in [3.63, 3.8) is 0 Å². The van der Waals surface area contributed by atoms with Gasteiger partial charge in [0, 0.05) is 10.5 Å². The largest absolute Gasteiger partial charge is 0.497 e. The zero-order chi connectivity index (χ0) is 15.4. The van der Waals surface area contributed by atoms with Gasteiger partial charge >= 0.3 is 0 Å². The average molecular weight is 351 g/mol. The molecule has 2 aromatic carbocycles. The summed E-state index contributed by atoms with van der Waals surface area (Å²) in [5.41, 5.74) is 0.921. The number of halogens is 1. The lowest BCUT2D eigenvalue weighted by Gasteiger charge is -2.12. The number of ether oxygens (including phenoxy) is 3. The lowest BCUT2D eigenvalue weighted by atomic mass is 10.0. The maximum atomic E-state index is 12.7. The zero-order valence-corrected chi connectivity index (χ0v) is 13.6. The Morgan fingerprint density at radius 2 is 1.57 bits per heavy atom. The molecule has 0 saturated heterocycles. The summed E-state index contributed by atoms with van der Waals surface area (Å²) >= 11 is 3.37. The van der Waals surface area contributed by atoms with Crippen LogP contribution in [0.5, 0.6) is 17.2 Å². The second-order valence-corrected chi connectivity index (χ2v) is 5.16. The molecule has 5 heteroatoms. The molecule has 0 atom stereocenters. The highest BCUT2D eigenvalue weighted by Crippen LogP contribution is 2.31. The summed E-state index contributed by atoms with van der Waals surface area (Å²) < 4.78 is 16.5. The molecule has 0 radical (unpaired) electrons. The number of hydrogen-bond acceptors (Lipinski definition) is 4. The molecule has 0 aromatic heterocycles. The fourth-order valence-corrected chi connectivity index (χ4v) is 2.35. The van der Waals surface area contributed by atoms with Crippen LogP contribution in [0.3, 0.4) is 0 Å². The molecule has 0 aliphatic rings. The third-order valence-electron chi connectivity index (χ3n) is 3.06. The van der Waals surface area contributed by atoms with Crippen molar-refractivity contribution >= 4 is 21.7 Å². The molecule has 0 bridgehead atoms. The first-order chi connectivity index (χ1) is 10.1. The lowest BCUT2D eigenvalue weighted by molar-refractivity contribution is 0.103. The minimum atomic E-state index is -0.173. The first kappa shape index (κ1) is 15.4. The van der Waals surface area contributed by atoms with Crippen LogP contribution in [0, 0.1) is 0 Å². The van der Waals surface area contributed by atoms with Gasteiger partial charge in [-0.05, 0) is 30.3 Å². The molecule has 0 aliphatic carbocycles. The highest BCUT2D eigenvalue weighted by molar-refractivity contribution is 9.10. The second-order valence-electron chi connectivity index (χ2n) is 4.24. The summed E-state index contributed by atoms with van der Waals surface area (Å²) in [6, 6.07) is 10.4. The number of benzene rings is 2. The summed E-state index contributed by atoms with van der Waals surface area (Å²) in [6.07, 6.45) is 0. The number of ketones is 1. The first-order valence-electron chi connectivity index (χ1n) is 6.21. The van der Waals surface area contributed by atoms with Crippen molar-refractivity contribution < 1.29 is 19.0 Å². The van der Waals surface area contributed by atoms with Crippen molar-refractivity contribution in [3.8, 4) is 17.2 Å². The molecule has 4 nitrogen and oxygen atoms in total. The SMILES string of the molecule is COc1ccc(C(=O)c2cc(Br)ccc2OC)c(OC)c1. The van der Waals surface area contributed by atoms with Crippen LogP contribution in [-0.2, 0) is 0 Å². The van der Waals surface area contributed by atoms with E-state index in [4.69, 9.17) is 14.2 Å². The minimum absolute atomic E-state index is 0.173. The normalized spacial score (nSPS) is 10.1. The molecule has 110 valence electrons. The fourth-order valence-electron chi connectivity index (χ4n) is 1.99. The van der Waals surface area contributed by atoms with Gasteiger partial charge in [-0.2, -0.15) is 0 Å². The Hall–Kier alpha value is -2.01. The summed E-state index contributed by atoms with van der Waals surface area (Å²) in [7, 11) is 4.61.